The van der Waals surface area contributed by atoms with Gasteiger partial charge in [-0.25, -0.2) is 14.6 Å². The molecule has 0 unspecified atom stereocenters. The van der Waals surface area contributed by atoms with Crippen molar-refractivity contribution in [2.45, 2.75) is 6.61 Å². The molecule has 0 atom stereocenters. The van der Waals surface area contributed by atoms with E-state index in [0.29, 0.717) is 12.2 Å². The van der Waals surface area contributed by atoms with Gasteiger partial charge in [-0.3, -0.25) is 0 Å². The highest BCUT2D eigenvalue weighted by Gasteiger charge is 2.09. The fourth-order valence-corrected chi connectivity index (χ4v) is 1.07. The summed E-state index contributed by atoms with van der Waals surface area (Å²) in [6.45, 7) is 3.83. The van der Waals surface area contributed by atoms with Crippen molar-refractivity contribution in [1.29, 1.82) is 0 Å². The fraction of sp³-hybridized carbons (Fsp3) is 0.250. The van der Waals surface area contributed by atoms with Gasteiger partial charge in [-0.1, -0.05) is 12.1 Å². The van der Waals surface area contributed by atoms with E-state index in [1.165, 1.54) is 7.11 Å². The zero-order chi connectivity index (χ0) is 12.7. The molecule has 0 saturated carbocycles. The monoisotopic (exact) mass is 238 g/mol. The van der Waals surface area contributed by atoms with Crippen molar-refractivity contribution in [3.63, 3.8) is 0 Å². The van der Waals surface area contributed by atoms with Crippen molar-refractivity contribution in [1.82, 2.24) is 0 Å². The molecule has 92 valence electrons. The number of hydrogen-bond acceptors (Lipinski definition) is 5. The molecule has 0 fully saturated rings. The Morgan fingerprint density at radius 3 is 2.35 bits per heavy atom. The molecule has 0 heterocycles. The maximum atomic E-state index is 11.5. The van der Waals surface area contributed by atoms with E-state index in [-0.39, 0.29) is 5.95 Å². The molecule has 5 heteroatoms. The van der Waals surface area contributed by atoms with E-state index < -0.39 is 5.97 Å². The summed E-state index contributed by atoms with van der Waals surface area (Å²) in [6.07, 6.45) is 0. The Bertz CT molecular complexity index is 382. The first-order chi connectivity index (χ1) is 8.17. The lowest BCUT2D eigenvalue weighted by Gasteiger charge is -2.05. The van der Waals surface area contributed by atoms with Gasteiger partial charge in [0.1, 0.15) is 0 Å². The van der Waals surface area contributed by atoms with Crippen LogP contribution in [0.1, 0.15) is 15.9 Å². The number of methoxy groups -OCH3 is 2. The summed E-state index contributed by atoms with van der Waals surface area (Å²) < 4.78 is 9.53. The quantitative estimate of drug-likeness (QED) is 0.431. The van der Waals surface area contributed by atoms with Crippen molar-refractivity contribution < 1.29 is 24.0 Å². The maximum Gasteiger partial charge on any atom is 0.386 e. The van der Waals surface area contributed by atoms with Gasteiger partial charge in [-0.05, 0) is 24.3 Å². The highest BCUT2D eigenvalue weighted by Crippen LogP contribution is 2.08. The first-order valence-corrected chi connectivity index (χ1v) is 4.87. The Hall–Kier alpha value is -2.01. The molecular weight excluding hydrogens is 224 g/mol. The third kappa shape index (κ3) is 4.16. The zero-order valence-corrected chi connectivity index (χ0v) is 9.76. The van der Waals surface area contributed by atoms with Crippen molar-refractivity contribution in [2.75, 3.05) is 14.2 Å². The van der Waals surface area contributed by atoms with Crippen LogP contribution < -0.4 is 0 Å². The fourth-order valence-electron chi connectivity index (χ4n) is 1.07. The molecule has 1 aromatic carbocycles. The topological polar surface area (TPSA) is 54.0 Å². The minimum atomic E-state index is -0.618. The van der Waals surface area contributed by atoms with Crippen molar-refractivity contribution in [2.24, 2.45) is 0 Å². The molecule has 0 amide bonds. The minimum Gasteiger partial charge on any atom is -0.466 e. The van der Waals surface area contributed by atoms with Crippen LogP contribution in [-0.4, -0.2) is 20.2 Å². The zero-order valence-electron chi connectivity index (χ0n) is 9.76. The molecule has 0 aliphatic heterocycles. The maximum absolute atomic E-state index is 11.5. The first kappa shape index (κ1) is 13.1. The first-order valence-electron chi connectivity index (χ1n) is 4.87. The van der Waals surface area contributed by atoms with Crippen molar-refractivity contribution in [3.05, 3.63) is 47.9 Å². The van der Waals surface area contributed by atoms with Gasteiger partial charge in [-0.2, -0.15) is 0 Å². The molecule has 1 rings (SSSR count). The number of carbonyl (C=O) groups excluding carboxylic acids is 1. The van der Waals surface area contributed by atoms with E-state index in [0.717, 1.165) is 5.56 Å². The Morgan fingerprint density at radius 2 is 1.82 bits per heavy atom. The Balaban J connectivity index is 2.54. The number of benzene rings is 1. The normalized spacial score (nSPS) is 9.53. The highest BCUT2D eigenvalue weighted by atomic mass is 17.2. The van der Waals surface area contributed by atoms with Gasteiger partial charge in [0.2, 0.25) is 0 Å². The Morgan fingerprint density at radius 1 is 1.18 bits per heavy atom. The summed E-state index contributed by atoms with van der Waals surface area (Å²) in [6, 6.07) is 6.78. The van der Waals surface area contributed by atoms with Gasteiger partial charge in [-0.15, -0.1) is 0 Å². The largest absolute Gasteiger partial charge is 0.466 e. The Kier molecular flexibility index (Phi) is 5.03. The average Bonchev–Trinajstić information content (AvgIpc) is 2.36. The predicted molar refractivity (Wildman–Crippen MR) is 59.8 cm³/mol. The molecule has 0 saturated heterocycles. The summed E-state index contributed by atoms with van der Waals surface area (Å²) in [4.78, 5) is 20.4. The lowest BCUT2D eigenvalue weighted by Crippen LogP contribution is -2.06. The van der Waals surface area contributed by atoms with Crippen LogP contribution in [0.3, 0.4) is 0 Å². The van der Waals surface area contributed by atoms with Crippen LogP contribution in [0.4, 0.5) is 0 Å². The summed E-state index contributed by atoms with van der Waals surface area (Å²) in [7, 11) is 2.96. The highest BCUT2D eigenvalue weighted by molar-refractivity contribution is 5.88. The van der Waals surface area contributed by atoms with Crippen molar-refractivity contribution in [3.8, 4) is 0 Å². The average molecular weight is 238 g/mol. The van der Waals surface area contributed by atoms with Crippen LogP contribution in [0.15, 0.2) is 36.8 Å². The minimum absolute atomic E-state index is 0.0886. The van der Waals surface area contributed by atoms with E-state index in [9.17, 15) is 4.79 Å². The van der Waals surface area contributed by atoms with Crippen LogP contribution in [0, 0.1) is 0 Å². The van der Waals surface area contributed by atoms with Crippen LogP contribution in [0.25, 0.3) is 0 Å². The molecule has 5 nitrogen and oxygen atoms in total. The van der Waals surface area contributed by atoms with Gasteiger partial charge in [0.25, 0.3) is 0 Å². The molecule has 1 aromatic rings. The molecule has 0 aliphatic rings. The number of rotatable bonds is 6. The van der Waals surface area contributed by atoms with Gasteiger partial charge in [0.15, 0.2) is 0 Å². The summed E-state index contributed by atoms with van der Waals surface area (Å²) in [5, 5.41) is 0. The molecule has 0 radical (unpaired) electrons. The summed E-state index contributed by atoms with van der Waals surface area (Å²) in [5.74, 6) is -0.707. The second-order valence-corrected chi connectivity index (χ2v) is 3.16. The van der Waals surface area contributed by atoms with E-state index in [2.05, 4.69) is 21.1 Å². The van der Waals surface area contributed by atoms with Gasteiger partial charge < -0.3 is 9.47 Å². The van der Waals surface area contributed by atoms with Crippen LogP contribution >= 0.6 is 0 Å². The van der Waals surface area contributed by atoms with Crippen LogP contribution in [0.2, 0.25) is 0 Å². The number of ether oxygens (including phenoxy) is 2. The predicted octanol–water partition coefficient (Wildman–Crippen LogP) is 2.04. The third-order valence-corrected chi connectivity index (χ3v) is 1.94. The smallest absolute Gasteiger partial charge is 0.386 e. The molecule has 0 N–H and O–H groups in total. The third-order valence-electron chi connectivity index (χ3n) is 1.94. The van der Waals surface area contributed by atoms with E-state index in [4.69, 9.17) is 4.74 Å². The van der Waals surface area contributed by atoms with Gasteiger partial charge in [0.05, 0.1) is 19.3 Å². The van der Waals surface area contributed by atoms with Gasteiger partial charge >= 0.3 is 11.9 Å². The summed E-state index contributed by atoms with van der Waals surface area (Å²) in [5.41, 5.74) is 1.33. The lowest BCUT2D eigenvalue weighted by atomic mass is 10.1. The molecular formula is C12H14O5. The second-order valence-electron chi connectivity index (χ2n) is 3.16. The second kappa shape index (κ2) is 6.55. The van der Waals surface area contributed by atoms with Crippen molar-refractivity contribution >= 4 is 5.97 Å². The van der Waals surface area contributed by atoms with E-state index in [1.54, 1.807) is 31.4 Å². The number of carbonyl (C=O) groups is 1. The summed E-state index contributed by atoms with van der Waals surface area (Å²) >= 11 is 0. The SMILES string of the molecule is C=C(OC)OOC(=O)c1ccc(COC)cc1. The standard InChI is InChI=1S/C12H14O5/c1-9(15-3)16-17-12(13)11-6-4-10(5-7-11)8-14-2/h4-7H,1,8H2,2-3H3. The van der Waals surface area contributed by atoms with Crippen LogP contribution in [-0.2, 0) is 25.9 Å². The number of hydrogen-bond donors (Lipinski definition) is 0. The van der Waals surface area contributed by atoms with Crippen LogP contribution in [0.5, 0.6) is 0 Å². The molecule has 17 heavy (non-hydrogen) atoms. The lowest BCUT2D eigenvalue weighted by molar-refractivity contribution is -0.238. The molecule has 0 spiro atoms. The molecule has 0 bridgehead atoms. The van der Waals surface area contributed by atoms with E-state index >= 15 is 0 Å². The molecule has 0 aromatic heterocycles. The van der Waals surface area contributed by atoms with E-state index in [1.807, 2.05) is 0 Å². The Labute approximate surface area is 99.5 Å². The molecule has 0 aliphatic carbocycles. The van der Waals surface area contributed by atoms with Gasteiger partial charge in [0, 0.05) is 7.11 Å².